The summed E-state index contributed by atoms with van der Waals surface area (Å²) in [5.41, 5.74) is 3.87. The van der Waals surface area contributed by atoms with Gasteiger partial charge in [0.25, 0.3) is 0 Å². The van der Waals surface area contributed by atoms with Crippen molar-refractivity contribution in [1.29, 1.82) is 0 Å². The van der Waals surface area contributed by atoms with Crippen molar-refractivity contribution in [2.24, 2.45) is 0 Å². The van der Waals surface area contributed by atoms with Gasteiger partial charge in [0.2, 0.25) is 0 Å². The lowest BCUT2D eigenvalue weighted by Crippen LogP contribution is -2.12. The molecule has 0 saturated carbocycles. The molecule has 1 aromatic carbocycles. The highest BCUT2D eigenvalue weighted by Crippen LogP contribution is 2.42. The van der Waals surface area contributed by atoms with Crippen molar-refractivity contribution in [3.8, 4) is 5.75 Å². The van der Waals surface area contributed by atoms with Gasteiger partial charge in [0.1, 0.15) is 11.5 Å². The molecule has 0 aliphatic heterocycles. The molecule has 1 aromatic rings. The van der Waals surface area contributed by atoms with Gasteiger partial charge in [0, 0.05) is 12.3 Å². The molecule has 0 amide bonds. The average molecular weight is 202 g/mol. The number of aryl methyl sites for hydroxylation is 1. The third-order valence-electron chi connectivity index (χ3n) is 3.60. The normalized spacial score (nSPS) is 22.7. The summed E-state index contributed by atoms with van der Waals surface area (Å²) >= 11 is 0. The SMILES string of the molecule is COc1cc2c3c(c1)CC(=O)C3CCC2. The van der Waals surface area contributed by atoms with E-state index < -0.39 is 0 Å². The number of ether oxygens (including phenoxy) is 1. The van der Waals surface area contributed by atoms with Crippen LogP contribution in [-0.2, 0) is 17.6 Å². The molecule has 0 N–H and O–H groups in total. The van der Waals surface area contributed by atoms with Crippen molar-refractivity contribution in [3.63, 3.8) is 0 Å². The van der Waals surface area contributed by atoms with Crippen LogP contribution in [-0.4, -0.2) is 12.9 Å². The fourth-order valence-corrected chi connectivity index (χ4v) is 2.94. The molecule has 2 aliphatic carbocycles. The zero-order chi connectivity index (χ0) is 10.4. The predicted molar refractivity (Wildman–Crippen MR) is 57.4 cm³/mol. The largest absolute Gasteiger partial charge is 0.497 e. The van der Waals surface area contributed by atoms with E-state index in [-0.39, 0.29) is 5.92 Å². The molecule has 2 heteroatoms. The summed E-state index contributed by atoms with van der Waals surface area (Å²) < 4.78 is 5.27. The average Bonchev–Trinajstić information content (AvgIpc) is 2.58. The molecule has 0 fully saturated rings. The summed E-state index contributed by atoms with van der Waals surface area (Å²) in [5, 5.41) is 0. The van der Waals surface area contributed by atoms with E-state index in [1.54, 1.807) is 7.11 Å². The van der Waals surface area contributed by atoms with E-state index in [1.807, 2.05) is 6.07 Å². The fourth-order valence-electron chi connectivity index (χ4n) is 2.94. The Kier molecular flexibility index (Phi) is 1.84. The quantitative estimate of drug-likeness (QED) is 0.698. The number of hydrogen-bond donors (Lipinski definition) is 0. The zero-order valence-corrected chi connectivity index (χ0v) is 8.88. The van der Waals surface area contributed by atoms with Crippen LogP contribution in [0.4, 0.5) is 0 Å². The standard InChI is InChI=1S/C13H14O2/c1-15-10-5-8-3-2-4-11-12(14)7-9(6-10)13(8)11/h5-6,11H,2-4,7H2,1H3. The van der Waals surface area contributed by atoms with Crippen LogP contribution in [0.1, 0.15) is 35.4 Å². The number of Topliss-reactive ketones (excluding diaryl/α,β-unsaturated/α-hetero) is 1. The van der Waals surface area contributed by atoms with E-state index in [9.17, 15) is 4.79 Å². The highest BCUT2D eigenvalue weighted by molar-refractivity contribution is 5.93. The Morgan fingerprint density at radius 1 is 1.33 bits per heavy atom. The summed E-state index contributed by atoms with van der Waals surface area (Å²) in [7, 11) is 1.69. The molecule has 2 aliphatic rings. The van der Waals surface area contributed by atoms with Crippen molar-refractivity contribution in [2.75, 3.05) is 7.11 Å². The van der Waals surface area contributed by atoms with Gasteiger partial charge in [-0.25, -0.2) is 0 Å². The summed E-state index contributed by atoms with van der Waals surface area (Å²) in [4.78, 5) is 11.8. The second kappa shape index (κ2) is 3.09. The number of hydrogen-bond acceptors (Lipinski definition) is 2. The maximum Gasteiger partial charge on any atom is 0.144 e. The van der Waals surface area contributed by atoms with E-state index in [2.05, 4.69) is 6.07 Å². The monoisotopic (exact) mass is 202 g/mol. The molecule has 15 heavy (non-hydrogen) atoms. The highest BCUT2D eigenvalue weighted by Gasteiger charge is 2.35. The summed E-state index contributed by atoms with van der Waals surface area (Å²) in [6, 6.07) is 4.13. The Balaban J connectivity index is 2.20. The lowest BCUT2D eigenvalue weighted by molar-refractivity contribution is -0.119. The molecule has 0 saturated heterocycles. The number of ketones is 1. The smallest absolute Gasteiger partial charge is 0.144 e. The van der Waals surface area contributed by atoms with E-state index in [0.717, 1.165) is 25.0 Å². The maximum absolute atomic E-state index is 11.8. The lowest BCUT2D eigenvalue weighted by atomic mass is 9.83. The van der Waals surface area contributed by atoms with Gasteiger partial charge >= 0.3 is 0 Å². The van der Waals surface area contributed by atoms with Crippen LogP contribution in [0.2, 0.25) is 0 Å². The summed E-state index contributed by atoms with van der Waals surface area (Å²) in [5.74, 6) is 1.51. The van der Waals surface area contributed by atoms with Crippen molar-refractivity contribution in [3.05, 3.63) is 28.8 Å². The Morgan fingerprint density at radius 2 is 2.13 bits per heavy atom. The van der Waals surface area contributed by atoms with Gasteiger partial charge in [-0.05, 0) is 48.1 Å². The zero-order valence-electron chi connectivity index (χ0n) is 8.88. The number of carbonyl (C=O) groups is 1. The van der Waals surface area contributed by atoms with Gasteiger partial charge in [-0.3, -0.25) is 4.79 Å². The van der Waals surface area contributed by atoms with Gasteiger partial charge < -0.3 is 4.74 Å². The maximum atomic E-state index is 11.8. The Labute approximate surface area is 89.2 Å². The van der Waals surface area contributed by atoms with Crippen LogP contribution in [0.15, 0.2) is 12.1 Å². The molecule has 0 spiro atoms. The minimum Gasteiger partial charge on any atom is -0.497 e. The predicted octanol–water partition coefficient (Wildman–Crippen LogP) is 2.24. The van der Waals surface area contributed by atoms with Gasteiger partial charge in [-0.1, -0.05) is 0 Å². The molecule has 3 rings (SSSR count). The van der Waals surface area contributed by atoms with E-state index in [0.29, 0.717) is 12.2 Å². The van der Waals surface area contributed by atoms with E-state index in [1.165, 1.54) is 16.7 Å². The second-order valence-corrected chi connectivity index (χ2v) is 4.45. The Bertz CT molecular complexity index is 434. The first-order valence-corrected chi connectivity index (χ1v) is 5.52. The molecular formula is C13H14O2. The number of benzene rings is 1. The molecule has 2 nitrogen and oxygen atoms in total. The Hall–Kier alpha value is -1.31. The molecule has 0 heterocycles. The van der Waals surface area contributed by atoms with Gasteiger partial charge in [0.15, 0.2) is 0 Å². The third kappa shape index (κ3) is 1.21. The van der Waals surface area contributed by atoms with Gasteiger partial charge in [-0.2, -0.15) is 0 Å². The first-order chi connectivity index (χ1) is 7.29. The minimum absolute atomic E-state index is 0.203. The van der Waals surface area contributed by atoms with Crippen LogP contribution in [0.5, 0.6) is 5.75 Å². The number of carbonyl (C=O) groups excluding carboxylic acids is 1. The minimum atomic E-state index is 0.203. The topological polar surface area (TPSA) is 26.3 Å². The van der Waals surface area contributed by atoms with Crippen molar-refractivity contribution in [1.82, 2.24) is 0 Å². The summed E-state index contributed by atoms with van der Waals surface area (Å²) in [6.45, 7) is 0. The van der Waals surface area contributed by atoms with E-state index in [4.69, 9.17) is 4.74 Å². The second-order valence-electron chi connectivity index (χ2n) is 4.45. The molecule has 0 aromatic heterocycles. The van der Waals surface area contributed by atoms with Crippen LogP contribution in [0.3, 0.4) is 0 Å². The first kappa shape index (κ1) is 8.96. The molecular weight excluding hydrogens is 188 g/mol. The van der Waals surface area contributed by atoms with Crippen LogP contribution >= 0.6 is 0 Å². The fraction of sp³-hybridized carbons (Fsp3) is 0.462. The van der Waals surface area contributed by atoms with Crippen LogP contribution in [0, 0.1) is 0 Å². The molecule has 1 unspecified atom stereocenters. The Morgan fingerprint density at radius 3 is 2.93 bits per heavy atom. The molecule has 1 atom stereocenters. The molecule has 0 radical (unpaired) electrons. The van der Waals surface area contributed by atoms with Gasteiger partial charge in [0.05, 0.1) is 7.11 Å². The van der Waals surface area contributed by atoms with Crippen molar-refractivity contribution >= 4 is 5.78 Å². The molecule has 78 valence electrons. The van der Waals surface area contributed by atoms with E-state index >= 15 is 0 Å². The lowest BCUT2D eigenvalue weighted by Gasteiger charge is -2.21. The van der Waals surface area contributed by atoms with Gasteiger partial charge in [-0.15, -0.1) is 0 Å². The van der Waals surface area contributed by atoms with Crippen molar-refractivity contribution < 1.29 is 9.53 Å². The van der Waals surface area contributed by atoms with Crippen LogP contribution in [0.25, 0.3) is 0 Å². The third-order valence-corrected chi connectivity index (χ3v) is 3.60. The number of methoxy groups -OCH3 is 1. The molecule has 0 bridgehead atoms. The highest BCUT2D eigenvalue weighted by atomic mass is 16.5. The van der Waals surface area contributed by atoms with Crippen LogP contribution < -0.4 is 4.74 Å². The summed E-state index contributed by atoms with van der Waals surface area (Å²) in [6.07, 6.45) is 3.90. The van der Waals surface area contributed by atoms with Crippen molar-refractivity contribution in [2.45, 2.75) is 31.6 Å². The number of rotatable bonds is 1. The first-order valence-electron chi connectivity index (χ1n) is 5.52.